The van der Waals surface area contributed by atoms with E-state index in [1.807, 2.05) is 0 Å². The maximum Gasteiger partial charge on any atom is 0.466 e. The average molecular weight is 240 g/mol. The van der Waals surface area contributed by atoms with Gasteiger partial charge in [0.2, 0.25) is 5.83 Å². The third-order valence-electron chi connectivity index (χ3n) is 1.13. The zero-order chi connectivity index (χ0) is 12.4. The van der Waals surface area contributed by atoms with E-state index >= 15 is 0 Å². The van der Waals surface area contributed by atoms with Crippen LogP contribution < -0.4 is 0 Å². The summed E-state index contributed by atoms with van der Waals surface area (Å²) in [4.78, 5) is 10.1. The molecule has 0 aliphatic rings. The highest BCUT2D eigenvalue weighted by Gasteiger charge is 2.67. The van der Waals surface area contributed by atoms with Gasteiger partial charge in [0.05, 0.1) is 0 Å². The Morgan fingerprint density at radius 1 is 1.20 bits per heavy atom. The van der Waals surface area contributed by atoms with E-state index in [9.17, 15) is 35.5 Å². The summed E-state index contributed by atoms with van der Waals surface area (Å²) in [7, 11) is 0. The summed E-state index contributed by atoms with van der Waals surface area (Å²) in [6.07, 6.45) is -10.9. The van der Waals surface area contributed by atoms with Gasteiger partial charge in [0, 0.05) is 0 Å². The number of hydrogen-bond donors (Lipinski definition) is 0. The van der Waals surface area contributed by atoms with Gasteiger partial charge in [0.1, 0.15) is 0 Å². The van der Waals surface area contributed by atoms with Crippen LogP contribution in [-0.2, 0) is 9.53 Å². The van der Waals surface area contributed by atoms with E-state index in [1.165, 1.54) is 0 Å². The van der Waals surface area contributed by atoms with E-state index in [4.69, 9.17) is 0 Å². The number of rotatable bonds is 3. The van der Waals surface area contributed by atoms with Crippen molar-refractivity contribution in [3.8, 4) is 0 Å². The van der Waals surface area contributed by atoms with Crippen LogP contribution in [0, 0.1) is 0 Å². The summed E-state index contributed by atoms with van der Waals surface area (Å²) < 4.78 is 85.4. The lowest BCUT2D eigenvalue weighted by Gasteiger charge is -2.25. The standard InChI is InChI=1S/C6H3F7O2/c1-2(7)3(14)15-5(10,4(8)9)6(11,12)13/h4H,1H2. The van der Waals surface area contributed by atoms with Gasteiger partial charge in [-0.1, -0.05) is 6.58 Å². The van der Waals surface area contributed by atoms with Gasteiger partial charge in [-0.15, -0.1) is 0 Å². The van der Waals surface area contributed by atoms with Crippen LogP contribution in [0.5, 0.6) is 0 Å². The highest BCUT2D eigenvalue weighted by Crippen LogP contribution is 2.40. The Morgan fingerprint density at radius 3 is 1.80 bits per heavy atom. The van der Waals surface area contributed by atoms with Gasteiger partial charge in [-0.2, -0.15) is 22.0 Å². The number of carbonyl (C=O) groups is 1. The molecule has 15 heavy (non-hydrogen) atoms. The number of alkyl halides is 6. The Bertz CT molecular complexity index is 271. The van der Waals surface area contributed by atoms with E-state index in [1.54, 1.807) is 0 Å². The first-order valence-corrected chi connectivity index (χ1v) is 3.14. The largest absolute Gasteiger partial charge is 0.466 e. The lowest BCUT2D eigenvalue weighted by atomic mass is 10.3. The first-order chi connectivity index (χ1) is 6.52. The molecular formula is C6H3F7O2. The molecule has 0 bridgehead atoms. The first-order valence-electron chi connectivity index (χ1n) is 3.14. The molecule has 88 valence electrons. The molecule has 0 saturated heterocycles. The molecule has 1 unspecified atom stereocenters. The van der Waals surface area contributed by atoms with Gasteiger partial charge in [-0.25, -0.2) is 13.6 Å². The second-order valence-electron chi connectivity index (χ2n) is 2.24. The Balaban J connectivity index is 5.00. The number of halogens is 7. The van der Waals surface area contributed by atoms with Crippen LogP contribution >= 0.6 is 0 Å². The minimum absolute atomic E-state index is 2.12. The summed E-state index contributed by atoms with van der Waals surface area (Å²) in [5.74, 6) is -10.2. The van der Waals surface area contributed by atoms with Gasteiger partial charge in [0.15, 0.2) is 0 Å². The van der Waals surface area contributed by atoms with E-state index in [-0.39, 0.29) is 0 Å². The molecule has 9 heteroatoms. The third-order valence-corrected chi connectivity index (χ3v) is 1.13. The smallest absolute Gasteiger partial charge is 0.410 e. The van der Waals surface area contributed by atoms with E-state index in [0.717, 1.165) is 0 Å². The molecule has 0 amide bonds. The summed E-state index contributed by atoms with van der Waals surface area (Å²) in [5, 5.41) is 0. The van der Waals surface area contributed by atoms with E-state index in [0.29, 0.717) is 0 Å². The second-order valence-corrected chi connectivity index (χ2v) is 2.24. The molecule has 1 atom stereocenters. The second kappa shape index (κ2) is 4.07. The molecule has 0 aromatic heterocycles. The summed E-state index contributed by atoms with van der Waals surface area (Å²) in [6.45, 7) is 2.16. The monoisotopic (exact) mass is 240 g/mol. The maximum absolute atomic E-state index is 12.5. The number of esters is 1. The van der Waals surface area contributed by atoms with Gasteiger partial charge in [-0.3, -0.25) is 0 Å². The predicted octanol–water partition coefficient (Wildman–Crippen LogP) is 2.51. The van der Waals surface area contributed by atoms with Crippen molar-refractivity contribution in [2.45, 2.75) is 18.5 Å². The van der Waals surface area contributed by atoms with Crippen LogP contribution in [-0.4, -0.2) is 24.4 Å². The van der Waals surface area contributed by atoms with Crippen molar-refractivity contribution in [2.75, 3.05) is 0 Å². The highest BCUT2D eigenvalue weighted by atomic mass is 19.4. The van der Waals surface area contributed by atoms with Crippen molar-refractivity contribution in [3.05, 3.63) is 12.4 Å². The third kappa shape index (κ3) is 2.83. The van der Waals surface area contributed by atoms with Crippen molar-refractivity contribution >= 4 is 5.97 Å². The van der Waals surface area contributed by atoms with Crippen molar-refractivity contribution in [1.82, 2.24) is 0 Å². The fourth-order valence-corrected chi connectivity index (χ4v) is 0.416. The Labute approximate surface area is 78.3 Å². The van der Waals surface area contributed by atoms with Crippen molar-refractivity contribution in [1.29, 1.82) is 0 Å². The van der Waals surface area contributed by atoms with Crippen molar-refractivity contribution in [2.24, 2.45) is 0 Å². The van der Waals surface area contributed by atoms with E-state index < -0.39 is 30.3 Å². The Kier molecular flexibility index (Phi) is 3.72. The fourth-order valence-electron chi connectivity index (χ4n) is 0.416. The SMILES string of the molecule is C=C(F)C(=O)OC(F)(C(F)F)C(F)(F)F. The highest BCUT2D eigenvalue weighted by molar-refractivity contribution is 5.85. The summed E-state index contributed by atoms with van der Waals surface area (Å²) >= 11 is 0. The zero-order valence-electron chi connectivity index (χ0n) is 6.75. The van der Waals surface area contributed by atoms with Gasteiger partial charge < -0.3 is 4.74 Å². The topological polar surface area (TPSA) is 26.3 Å². The Hall–Kier alpha value is -1.28. The molecule has 0 aliphatic carbocycles. The summed E-state index contributed by atoms with van der Waals surface area (Å²) in [6, 6.07) is 0. The van der Waals surface area contributed by atoms with E-state index in [2.05, 4.69) is 11.3 Å². The van der Waals surface area contributed by atoms with Crippen molar-refractivity contribution in [3.63, 3.8) is 0 Å². The Morgan fingerprint density at radius 2 is 1.60 bits per heavy atom. The van der Waals surface area contributed by atoms with Gasteiger partial charge >= 0.3 is 24.4 Å². The normalized spacial score (nSPS) is 16.0. The quantitative estimate of drug-likeness (QED) is 0.430. The van der Waals surface area contributed by atoms with Crippen LogP contribution in [0.2, 0.25) is 0 Å². The minimum Gasteiger partial charge on any atom is -0.410 e. The molecule has 0 heterocycles. The van der Waals surface area contributed by atoms with Gasteiger partial charge in [0.25, 0.3) is 0 Å². The van der Waals surface area contributed by atoms with Crippen LogP contribution in [0.4, 0.5) is 30.7 Å². The van der Waals surface area contributed by atoms with Crippen LogP contribution in [0.25, 0.3) is 0 Å². The lowest BCUT2D eigenvalue weighted by Crippen LogP contribution is -2.51. The lowest BCUT2D eigenvalue weighted by molar-refractivity contribution is -0.355. The van der Waals surface area contributed by atoms with Crippen LogP contribution in [0.15, 0.2) is 12.4 Å². The molecule has 0 saturated carbocycles. The zero-order valence-corrected chi connectivity index (χ0v) is 6.75. The molecule has 0 radical (unpaired) electrons. The van der Waals surface area contributed by atoms with Gasteiger partial charge in [-0.05, 0) is 0 Å². The average Bonchev–Trinajstić information content (AvgIpc) is 2.01. The van der Waals surface area contributed by atoms with Crippen LogP contribution in [0.1, 0.15) is 0 Å². The van der Waals surface area contributed by atoms with Crippen molar-refractivity contribution < 1.29 is 40.3 Å². The molecule has 0 aliphatic heterocycles. The molecule has 0 N–H and O–H groups in total. The molecule has 2 nitrogen and oxygen atoms in total. The molecule has 0 rings (SSSR count). The molecule has 0 aromatic rings. The maximum atomic E-state index is 12.5. The molecule has 0 fully saturated rings. The molecule has 0 aromatic carbocycles. The van der Waals surface area contributed by atoms with Crippen LogP contribution in [0.3, 0.4) is 0 Å². The molecular weight excluding hydrogens is 237 g/mol. The number of carbonyl (C=O) groups excluding carboxylic acids is 1. The number of hydrogen-bond acceptors (Lipinski definition) is 2. The predicted molar refractivity (Wildman–Crippen MR) is 32.2 cm³/mol. The number of ether oxygens (including phenoxy) is 1. The molecule has 0 spiro atoms. The first kappa shape index (κ1) is 13.7. The minimum atomic E-state index is -6.17. The fraction of sp³-hybridized carbons (Fsp3) is 0.500. The summed E-state index contributed by atoms with van der Waals surface area (Å²) in [5.41, 5.74) is 0.